The van der Waals surface area contributed by atoms with Gasteiger partial charge in [-0.3, -0.25) is 19.3 Å². The van der Waals surface area contributed by atoms with Crippen molar-refractivity contribution >= 4 is 69.3 Å². The minimum absolute atomic E-state index is 0.0999. The van der Waals surface area contributed by atoms with Gasteiger partial charge in [0.15, 0.2) is 0 Å². The minimum Gasteiger partial charge on any atom is -0.393 e. The van der Waals surface area contributed by atoms with E-state index in [-0.39, 0.29) is 28.9 Å². The summed E-state index contributed by atoms with van der Waals surface area (Å²) in [5, 5.41) is 3.14. The molecular formula is C24H18ClN3O3S2. The van der Waals surface area contributed by atoms with Gasteiger partial charge in [-0.1, -0.05) is 72.4 Å². The lowest BCUT2D eigenvalue weighted by molar-refractivity contribution is -0.112. The normalized spacial score (nSPS) is 15.2. The first-order valence-electron chi connectivity index (χ1n) is 10.0. The molecule has 2 aromatic carbocycles. The number of nitrogens with one attached hydrogen (secondary N) is 1. The quantitative estimate of drug-likeness (QED) is 0.463. The summed E-state index contributed by atoms with van der Waals surface area (Å²) in [7, 11) is 0. The molecule has 0 saturated carbocycles. The highest BCUT2D eigenvalue weighted by atomic mass is 35.5. The zero-order valence-electron chi connectivity index (χ0n) is 17.3. The molecular weight excluding hydrogens is 478 g/mol. The molecule has 0 unspecified atom stereocenters. The number of carbonyl (C=O) groups is 3. The Morgan fingerprint density at radius 1 is 1.09 bits per heavy atom. The van der Waals surface area contributed by atoms with Gasteiger partial charge in [0.2, 0.25) is 0 Å². The number of anilines is 1. The number of thiocarbonyl (C=S) groups is 2. The number of carbonyl (C=O) groups excluding carboxylic acids is 3. The fraction of sp³-hybridized carbons (Fsp3) is 0.125. The second kappa shape index (κ2) is 9.35. The molecule has 166 valence electrons. The molecule has 0 bridgehead atoms. The Kier molecular flexibility index (Phi) is 6.51. The largest absolute Gasteiger partial charge is 0.393 e. The highest BCUT2D eigenvalue weighted by Gasteiger charge is 2.38. The number of hydrogen-bond acceptors (Lipinski definition) is 5. The molecule has 2 aliphatic rings. The van der Waals surface area contributed by atoms with Crippen molar-refractivity contribution in [1.82, 2.24) is 4.90 Å². The molecule has 0 atom stereocenters. The van der Waals surface area contributed by atoms with Crippen LogP contribution in [0.2, 0.25) is 0 Å². The van der Waals surface area contributed by atoms with Crippen molar-refractivity contribution in [1.29, 1.82) is 0 Å². The van der Waals surface area contributed by atoms with Crippen LogP contribution >= 0.6 is 36.0 Å². The van der Waals surface area contributed by atoms with Gasteiger partial charge in [-0.2, -0.15) is 0 Å². The highest BCUT2D eigenvalue weighted by molar-refractivity contribution is 7.81. The lowest BCUT2D eigenvalue weighted by Gasteiger charge is -2.15. The van der Waals surface area contributed by atoms with Crippen LogP contribution < -0.4 is 11.1 Å². The van der Waals surface area contributed by atoms with Gasteiger partial charge in [0.25, 0.3) is 17.7 Å². The summed E-state index contributed by atoms with van der Waals surface area (Å²) in [6.45, 7) is 0.0999. The summed E-state index contributed by atoms with van der Waals surface area (Å²) < 4.78 is 0. The van der Waals surface area contributed by atoms with Crippen LogP contribution in [0.25, 0.3) is 0 Å². The van der Waals surface area contributed by atoms with Gasteiger partial charge < -0.3 is 11.1 Å². The first-order valence-corrected chi connectivity index (χ1v) is 11.2. The third-order valence-corrected chi connectivity index (χ3v) is 6.09. The van der Waals surface area contributed by atoms with E-state index in [0.717, 1.165) is 16.0 Å². The maximum absolute atomic E-state index is 13.2. The number of rotatable bonds is 6. The second-order valence-electron chi connectivity index (χ2n) is 7.61. The molecule has 1 aliphatic heterocycles. The van der Waals surface area contributed by atoms with Crippen LogP contribution in [0.15, 0.2) is 65.2 Å². The third-order valence-electron chi connectivity index (χ3n) is 5.30. The van der Waals surface area contributed by atoms with Gasteiger partial charge in [-0.25, -0.2) is 0 Å². The van der Waals surface area contributed by atoms with Crippen LogP contribution in [-0.2, 0) is 17.8 Å². The van der Waals surface area contributed by atoms with E-state index >= 15 is 0 Å². The standard InChI is InChI=1S/C24H18ClN3O3S2/c25-15-8-9-19(32)17(11-15)22(29)27-18-3-1-2-16-21(18)24(31)28(23(16)30)12-14-6-4-13(5-7-14)10-20(26)33/h1-8,11H,9-10,12H2,(H2,26,33)(H,27,29). The molecule has 2 aromatic rings. The Morgan fingerprint density at radius 3 is 2.48 bits per heavy atom. The molecule has 1 aliphatic carbocycles. The average molecular weight is 496 g/mol. The first kappa shape index (κ1) is 23.0. The summed E-state index contributed by atoms with van der Waals surface area (Å²) >= 11 is 16.2. The van der Waals surface area contributed by atoms with E-state index in [9.17, 15) is 14.4 Å². The smallest absolute Gasteiger partial charge is 0.263 e. The lowest BCUT2D eigenvalue weighted by Crippen LogP contribution is -2.29. The number of amides is 3. The van der Waals surface area contributed by atoms with Gasteiger partial charge in [0, 0.05) is 22.7 Å². The summed E-state index contributed by atoms with van der Waals surface area (Å²) in [5.41, 5.74) is 8.21. The summed E-state index contributed by atoms with van der Waals surface area (Å²) in [6.07, 6.45) is 4.08. The molecule has 0 radical (unpaired) electrons. The number of fused-ring (bicyclic) bond motifs is 1. The number of allylic oxidation sites excluding steroid dienone is 3. The van der Waals surface area contributed by atoms with Crippen molar-refractivity contribution in [3.05, 3.63) is 87.5 Å². The molecule has 1 heterocycles. The predicted molar refractivity (Wildman–Crippen MR) is 135 cm³/mol. The van der Waals surface area contributed by atoms with Crippen LogP contribution in [0.4, 0.5) is 5.69 Å². The number of nitrogens with two attached hydrogens (primary N) is 1. The van der Waals surface area contributed by atoms with Crippen molar-refractivity contribution in [3.63, 3.8) is 0 Å². The molecule has 4 rings (SSSR count). The summed E-state index contributed by atoms with van der Waals surface area (Å²) in [5.74, 6) is -1.38. The van der Waals surface area contributed by atoms with Gasteiger partial charge >= 0.3 is 0 Å². The fourth-order valence-corrected chi connectivity index (χ4v) is 4.27. The molecule has 0 spiro atoms. The highest BCUT2D eigenvalue weighted by Crippen LogP contribution is 2.31. The number of nitrogens with zero attached hydrogens (tertiary/aromatic N) is 1. The Balaban J connectivity index is 1.56. The third kappa shape index (κ3) is 4.78. The molecule has 33 heavy (non-hydrogen) atoms. The maximum atomic E-state index is 13.2. The van der Waals surface area contributed by atoms with Crippen LogP contribution in [0.1, 0.15) is 38.3 Å². The Hall–Kier alpha value is -3.20. The Bertz CT molecular complexity index is 1280. The van der Waals surface area contributed by atoms with E-state index in [1.165, 1.54) is 6.08 Å². The Labute approximate surface area is 206 Å². The first-order chi connectivity index (χ1) is 15.7. The molecule has 0 aromatic heterocycles. The topological polar surface area (TPSA) is 92.5 Å². The van der Waals surface area contributed by atoms with E-state index in [2.05, 4.69) is 5.32 Å². The van der Waals surface area contributed by atoms with E-state index in [4.69, 9.17) is 41.8 Å². The number of halogens is 1. The van der Waals surface area contributed by atoms with Crippen LogP contribution in [0.5, 0.6) is 0 Å². The van der Waals surface area contributed by atoms with Crippen molar-refractivity contribution in [2.45, 2.75) is 19.4 Å². The SMILES string of the molecule is NC(=S)Cc1ccc(CN2C(=O)c3cccc(NC(=O)C4=CC(Cl)=CCC4=S)c3C2=O)cc1. The average Bonchev–Trinajstić information content (AvgIpc) is 3.02. The Morgan fingerprint density at radius 2 is 1.79 bits per heavy atom. The van der Waals surface area contributed by atoms with E-state index in [1.807, 2.05) is 24.3 Å². The molecule has 3 N–H and O–H groups in total. The van der Waals surface area contributed by atoms with E-state index < -0.39 is 17.7 Å². The zero-order chi connectivity index (χ0) is 23.7. The van der Waals surface area contributed by atoms with Crippen molar-refractivity contribution in [3.8, 4) is 0 Å². The number of benzene rings is 2. The lowest BCUT2D eigenvalue weighted by atomic mass is 10.0. The molecule has 3 amide bonds. The van der Waals surface area contributed by atoms with E-state index in [0.29, 0.717) is 27.7 Å². The van der Waals surface area contributed by atoms with Crippen molar-refractivity contribution < 1.29 is 14.4 Å². The summed E-state index contributed by atoms with van der Waals surface area (Å²) in [6, 6.07) is 12.1. The van der Waals surface area contributed by atoms with Crippen LogP contribution in [0.3, 0.4) is 0 Å². The van der Waals surface area contributed by atoms with Crippen molar-refractivity contribution in [2.24, 2.45) is 5.73 Å². The summed E-state index contributed by atoms with van der Waals surface area (Å²) in [4.78, 5) is 40.9. The number of imide groups is 1. The van der Waals surface area contributed by atoms with Gasteiger partial charge in [-0.15, -0.1) is 0 Å². The molecule has 0 saturated heterocycles. The predicted octanol–water partition coefficient (Wildman–Crippen LogP) is 4.07. The van der Waals surface area contributed by atoms with Gasteiger partial charge in [0.1, 0.15) is 0 Å². The van der Waals surface area contributed by atoms with Crippen molar-refractivity contribution in [2.75, 3.05) is 5.32 Å². The molecule has 9 heteroatoms. The maximum Gasteiger partial charge on any atom is 0.263 e. The molecule has 0 fully saturated rings. The minimum atomic E-state index is -0.480. The van der Waals surface area contributed by atoms with Crippen LogP contribution in [0, 0.1) is 0 Å². The van der Waals surface area contributed by atoms with Gasteiger partial charge in [0.05, 0.1) is 33.9 Å². The van der Waals surface area contributed by atoms with E-state index in [1.54, 1.807) is 24.3 Å². The zero-order valence-corrected chi connectivity index (χ0v) is 19.7. The van der Waals surface area contributed by atoms with Crippen LogP contribution in [-0.4, -0.2) is 32.5 Å². The monoisotopic (exact) mass is 495 g/mol. The fourth-order valence-electron chi connectivity index (χ4n) is 3.69. The van der Waals surface area contributed by atoms with Gasteiger partial charge in [-0.05, 0) is 29.3 Å². The second-order valence-corrected chi connectivity index (χ2v) is 9.07. The molecule has 6 nitrogen and oxygen atoms in total. The number of hydrogen-bond donors (Lipinski definition) is 2.